The van der Waals surface area contributed by atoms with Crippen LogP contribution in [0.15, 0.2) is 140 Å². The lowest BCUT2D eigenvalue weighted by Crippen LogP contribution is -2.11. The molecule has 0 bridgehead atoms. The summed E-state index contributed by atoms with van der Waals surface area (Å²) in [5.41, 5.74) is 15.8. The Kier molecular flexibility index (Phi) is 8.71. The van der Waals surface area contributed by atoms with E-state index in [-0.39, 0.29) is 0 Å². The Labute approximate surface area is 319 Å². The molecular weight excluding hydrogens is 655 g/mol. The van der Waals surface area contributed by atoms with Gasteiger partial charge in [-0.1, -0.05) is 123 Å². The van der Waals surface area contributed by atoms with Crippen molar-refractivity contribution in [2.24, 2.45) is 0 Å². The number of aromatic nitrogens is 3. The molecule has 3 aromatic heterocycles. The highest BCUT2D eigenvalue weighted by molar-refractivity contribution is 5.90. The Balaban J connectivity index is 1.28. The molecule has 0 fully saturated rings. The molecule has 54 heavy (non-hydrogen) atoms. The van der Waals surface area contributed by atoms with Crippen LogP contribution in [0.5, 0.6) is 0 Å². The van der Waals surface area contributed by atoms with Gasteiger partial charge in [-0.3, -0.25) is 9.13 Å². The molecule has 2 aliphatic rings. The molecular formula is C51H47N3. The van der Waals surface area contributed by atoms with Crippen LogP contribution in [0.1, 0.15) is 73.9 Å². The Bertz CT molecular complexity index is 2430. The first-order chi connectivity index (χ1) is 26.8. The van der Waals surface area contributed by atoms with E-state index in [4.69, 9.17) is 4.98 Å². The van der Waals surface area contributed by atoms with Crippen molar-refractivity contribution in [3.63, 3.8) is 0 Å². The first-order valence-corrected chi connectivity index (χ1v) is 20.3. The van der Waals surface area contributed by atoms with Crippen molar-refractivity contribution in [3.05, 3.63) is 162 Å². The van der Waals surface area contributed by atoms with Gasteiger partial charge in [0.05, 0.1) is 11.0 Å². The quantitative estimate of drug-likeness (QED) is 0.175. The summed E-state index contributed by atoms with van der Waals surface area (Å²) in [6.45, 7) is 0. The summed E-state index contributed by atoms with van der Waals surface area (Å²) in [4.78, 5) is 5.76. The second-order valence-corrected chi connectivity index (χ2v) is 15.5. The maximum absolute atomic E-state index is 5.76. The Morgan fingerprint density at radius 3 is 1.17 bits per heavy atom. The van der Waals surface area contributed by atoms with Crippen LogP contribution in [-0.4, -0.2) is 14.1 Å². The topological polar surface area (TPSA) is 22.8 Å². The van der Waals surface area contributed by atoms with Gasteiger partial charge in [-0.2, -0.15) is 0 Å². The van der Waals surface area contributed by atoms with E-state index in [1.807, 2.05) is 0 Å². The molecule has 3 heteroatoms. The van der Waals surface area contributed by atoms with E-state index in [9.17, 15) is 0 Å². The molecule has 0 saturated heterocycles. The second kappa shape index (κ2) is 14.3. The predicted molar refractivity (Wildman–Crippen MR) is 226 cm³/mol. The smallest absolute Gasteiger partial charge is 0.140 e. The summed E-state index contributed by atoms with van der Waals surface area (Å²) >= 11 is 0. The van der Waals surface area contributed by atoms with Crippen LogP contribution >= 0.6 is 0 Å². The van der Waals surface area contributed by atoms with Crippen molar-refractivity contribution in [3.8, 4) is 45.0 Å². The average molecular weight is 702 g/mol. The first-order valence-electron chi connectivity index (χ1n) is 20.3. The van der Waals surface area contributed by atoms with Crippen LogP contribution in [-0.2, 0) is 25.7 Å². The minimum absolute atomic E-state index is 1.02. The van der Waals surface area contributed by atoms with Gasteiger partial charge in [0.2, 0.25) is 0 Å². The average Bonchev–Trinajstić information content (AvgIpc) is 3.68. The number of nitrogens with zero attached hydrogens (tertiary/aromatic N) is 3. The highest BCUT2D eigenvalue weighted by atomic mass is 15.1. The largest absolute Gasteiger partial charge is 0.298 e. The lowest BCUT2D eigenvalue weighted by atomic mass is 9.93. The number of hydrogen-bond donors (Lipinski definition) is 0. The lowest BCUT2D eigenvalue weighted by Gasteiger charge is -2.19. The van der Waals surface area contributed by atoms with Gasteiger partial charge in [0.15, 0.2) is 0 Å². The summed E-state index contributed by atoms with van der Waals surface area (Å²) in [5, 5.41) is 2.77. The third-order valence-corrected chi connectivity index (χ3v) is 12.1. The number of pyridine rings is 1. The first kappa shape index (κ1) is 32.9. The normalized spacial score (nSPS) is 14.9. The van der Waals surface area contributed by atoms with Crippen LogP contribution in [0.2, 0.25) is 0 Å². The van der Waals surface area contributed by atoms with Gasteiger partial charge >= 0.3 is 0 Å². The molecule has 0 amide bonds. The van der Waals surface area contributed by atoms with Gasteiger partial charge < -0.3 is 0 Å². The van der Waals surface area contributed by atoms with Crippen LogP contribution < -0.4 is 0 Å². The SMILES string of the molecule is c1ccc(-c2cc(-c3ccccc3)cc(-c3cc(-n4c5c(c6ccccc64)CCCCCC5)nc(-n4c5c(c6ccccc64)CCCCCC5)c3)c2)cc1. The third kappa shape index (κ3) is 5.97. The number of aryl methyl sites for hydroxylation is 2. The highest BCUT2D eigenvalue weighted by Crippen LogP contribution is 2.39. The number of fused-ring (bicyclic) bond motifs is 6. The van der Waals surface area contributed by atoms with E-state index >= 15 is 0 Å². The number of rotatable bonds is 5. The van der Waals surface area contributed by atoms with Crippen LogP contribution in [0.4, 0.5) is 0 Å². The minimum Gasteiger partial charge on any atom is -0.298 e. The third-order valence-electron chi connectivity index (χ3n) is 12.1. The molecule has 0 radical (unpaired) electrons. The van der Waals surface area contributed by atoms with Crippen molar-refractivity contribution in [1.29, 1.82) is 0 Å². The van der Waals surface area contributed by atoms with Crippen LogP contribution in [0.3, 0.4) is 0 Å². The molecule has 2 aliphatic carbocycles. The van der Waals surface area contributed by atoms with Gasteiger partial charge in [-0.05, 0) is 138 Å². The standard InChI is InChI=1S/C51H47N3/c1-3-13-27-46-42(23-11-1)44-25-15-17-29-48(44)53(46)50-34-41(40-32-38(36-19-7-5-8-20-36)31-39(33-40)37-21-9-6-10-22-37)35-51(52-50)54-47-28-14-4-2-12-24-43(47)45-26-16-18-30-49(45)54/h5-10,15-22,25-26,29-35H,1-4,11-14,23-24,27-28H2. The second-order valence-electron chi connectivity index (χ2n) is 15.5. The van der Waals surface area contributed by atoms with Gasteiger partial charge in [-0.25, -0.2) is 4.98 Å². The molecule has 8 aromatic rings. The zero-order chi connectivity index (χ0) is 35.8. The van der Waals surface area contributed by atoms with E-state index in [0.29, 0.717) is 0 Å². The van der Waals surface area contributed by atoms with E-state index in [1.54, 1.807) is 0 Å². The highest BCUT2D eigenvalue weighted by Gasteiger charge is 2.24. The zero-order valence-electron chi connectivity index (χ0n) is 31.1. The molecule has 0 N–H and O–H groups in total. The summed E-state index contributed by atoms with van der Waals surface area (Å²) in [6, 6.07) is 51.7. The number of benzene rings is 5. The van der Waals surface area contributed by atoms with Crippen molar-refractivity contribution >= 4 is 21.8 Å². The van der Waals surface area contributed by atoms with Crippen LogP contribution in [0.25, 0.3) is 66.8 Å². The van der Waals surface area contributed by atoms with E-state index < -0.39 is 0 Å². The fourth-order valence-electron chi connectivity index (χ4n) is 9.51. The van der Waals surface area contributed by atoms with Gasteiger partial charge in [0.25, 0.3) is 0 Å². The zero-order valence-corrected chi connectivity index (χ0v) is 31.1. The minimum atomic E-state index is 1.02. The molecule has 5 aromatic carbocycles. The van der Waals surface area contributed by atoms with E-state index in [0.717, 1.165) is 37.3 Å². The molecule has 3 heterocycles. The summed E-state index contributed by atoms with van der Waals surface area (Å²) in [5.74, 6) is 2.04. The van der Waals surface area contributed by atoms with E-state index in [2.05, 4.69) is 149 Å². The summed E-state index contributed by atoms with van der Waals surface area (Å²) < 4.78 is 5.08. The maximum Gasteiger partial charge on any atom is 0.140 e. The van der Waals surface area contributed by atoms with Gasteiger partial charge in [0, 0.05) is 22.2 Å². The number of para-hydroxylation sites is 2. The van der Waals surface area contributed by atoms with Gasteiger partial charge in [0.1, 0.15) is 11.6 Å². The monoisotopic (exact) mass is 701 g/mol. The molecule has 0 saturated carbocycles. The van der Waals surface area contributed by atoms with Crippen molar-refractivity contribution in [2.75, 3.05) is 0 Å². The summed E-state index contributed by atoms with van der Waals surface area (Å²) in [6.07, 6.45) is 14.5. The molecule has 0 aliphatic heterocycles. The lowest BCUT2D eigenvalue weighted by molar-refractivity contribution is 0.606. The molecule has 0 unspecified atom stereocenters. The van der Waals surface area contributed by atoms with E-state index in [1.165, 1.54) is 129 Å². The Morgan fingerprint density at radius 2 is 0.704 bits per heavy atom. The Hall–Kier alpha value is -5.67. The molecule has 0 spiro atoms. The van der Waals surface area contributed by atoms with Crippen molar-refractivity contribution in [1.82, 2.24) is 14.1 Å². The van der Waals surface area contributed by atoms with Crippen LogP contribution in [0, 0.1) is 0 Å². The fraction of sp³-hybridized carbons (Fsp3) is 0.235. The predicted octanol–water partition coefficient (Wildman–Crippen LogP) is 13.3. The molecule has 3 nitrogen and oxygen atoms in total. The molecule has 266 valence electrons. The molecule has 10 rings (SSSR count). The van der Waals surface area contributed by atoms with Crippen molar-refractivity contribution < 1.29 is 0 Å². The van der Waals surface area contributed by atoms with Crippen molar-refractivity contribution in [2.45, 2.75) is 77.0 Å². The Morgan fingerprint density at radius 1 is 0.333 bits per heavy atom. The molecule has 0 atom stereocenters. The van der Waals surface area contributed by atoms with Gasteiger partial charge in [-0.15, -0.1) is 0 Å². The fourth-order valence-corrected chi connectivity index (χ4v) is 9.51. The summed E-state index contributed by atoms with van der Waals surface area (Å²) in [7, 11) is 0. The maximum atomic E-state index is 5.76. The number of hydrogen-bond acceptors (Lipinski definition) is 1.